The van der Waals surface area contributed by atoms with Gasteiger partial charge in [-0.1, -0.05) is 30.3 Å². The fraction of sp³-hybridized carbons (Fsp3) is 0.455. The van der Waals surface area contributed by atoms with Crippen molar-refractivity contribution < 1.29 is 8.85 Å². The summed E-state index contributed by atoms with van der Waals surface area (Å²) >= 11 is 0. The number of benzene rings is 1. The third kappa shape index (κ3) is 4.04. The lowest BCUT2D eigenvalue weighted by Gasteiger charge is -2.12. The van der Waals surface area contributed by atoms with Gasteiger partial charge in [0, 0.05) is 19.3 Å². The highest BCUT2D eigenvalue weighted by molar-refractivity contribution is 6.43. The second kappa shape index (κ2) is 6.76. The third-order valence-corrected chi connectivity index (χ3v) is 3.72. The van der Waals surface area contributed by atoms with Gasteiger partial charge in [-0.2, -0.15) is 0 Å². The monoisotopic (exact) mass is 209 g/mol. The van der Waals surface area contributed by atoms with E-state index >= 15 is 0 Å². The summed E-state index contributed by atoms with van der Waals surface area (Å²) in [6.45, 7) is 5.49. The Hall–Kier alpha value is -0.643. The standard InChI is InChI=1S/C11H17O2Si/c1-3-12-14(13-4-2)10-11-8-6-5-7-9-11/h5-9H,3-4,10H2,1-2H3. The maximum atomic E-state index is 5.57. The van der Waals surface area contributed by atoms with E-state index < -0.39 is 9.28 Å². The summed E-state index contributed by atoms with van der Waals surface area (Å²) in [4.78, 5) is 0. The first-order chi connectivity index (χ1) is 6.86. The highest BCUT2D eigenvalue weighted by atomic mass is 28.3. The summed E-state index contributed by atoms with van der Waals surface area (Å²) in [5, 5.41) is 0. The molecular formula is C11H17O2Si. The smallest absolute Gasteiger partial charge is 0.389 e. The Labute approximate surface area is 87.7 Å². The molecule has 0 amide bonds. The second-order valence-corrected chi connectivity index (χ2v) is 4.58. The molecule has 0 spiro atoms. The largest absolute Gasteiger partial charge is 0.393 e. The van der Waals surface area contributed by atoms with E-state index in [9.17, 15) is 0 Å². The molecule has 0 aromatic heterocycles. The topological polar surface area (TPSA) is 18.5 Å². The third-order valence-electron chi connectivity index (χ3n) is 1.80. The van der Waals surface area contributed by atoms with Crippen molar-refractivity contribution in [1.82, 2.24) is 0 Å². The second-order valence-electron chi connectivity index (χ2n) is 2.90. The Morgan fingerprint density at radius 3 is 2.07 bits per heavy atom. The van der Waals surface area contributed by atoms with Crippen molar-refractivity contribution in [2.45, 2.75) is 19.9 Å². The van der Waals surface area contributed by atoms with Crippen LogP contribution in [0.15, 0.2) is 30.3 Å². The molecule has 0 aliphatic heterocycles. The van der Waals surface area contributed by atoms with Gasteiger partial charge in [0.25, 0.3) is 0 Å². The molecule has 0 unspecified atom stereocenters. The van der Waals surface area contributed by atoms with Gasteiger partial charge in [-0.3, -0.25) is 0 Å². The fourth-order valence-electron chi connectivity index (χ4n) is 1.23. The van der Waals surface area contributed by atoms with E-state index in [2.05, 4.69) is 12.1 Å². The van der Waals surface area contributed by atoms with E-state index in [1.54, 1.807) is 0 Å². The summed E-state index contributed by atoms with van der Waals surface area (Å²) < 4.78 is 11.1. The Balaban J connectivity index is 2.46. The van der Waals surface area contributed by atoms with Crippen LogP contribution in [-0.2, 0) is 14.9 Å². The van der Waals surface area contributed by atoms with E-state index in [-0.39, 0.29) is 0 Å². The number of rotatable bonds is 6. The van der Waals surface area contributed by atoms with Gasteiger partial charge >= 0.3 is 9.28 Å². The molecule has 0 saturated heterocycles. The van der Waals surface area contributed by atoms with Crippen LogP contribution in [0.2, 0.25) is 0 Å². The van der Waals surface area contributed by atoms with Crippen molar-refractivity contribution in [3.8, 4) is 0 Å². The minimum Gasteiger partial charge on any atom is -0.393 e. The zero-order valence-electron chi connectivity index (χ0n) is 8.82. The van der Waals surface area contributed by atoms with Crippen LogP contribution in [0.3, 0.4) is 0 Å². The van der Waals surface area contributed by atoms with E-state index in [1.807, 2.05) is 32.0 Å². The lowest BCUT2D eigenvalue weighted by molar-refractivity contribution is 0.213. The average molecular weight is 209 g/mol. The van der Waals surface area contributed by atoms with Crippen LogP contribution in [0.1, 0.15) is 19.4 Å². The van der Waals surface area contributed by atoms with Crippen molar-refractivity contribution >= 4 is 9.28 Å². The first-order valence-electron chi connectivity index (χ1n) is 5.02. The lowest BCUT2D eigenvalue weighted by Crippen LogP contribution is -2.26. The Morgan fingerprint density at radius 1 is 1.00 bits per heavy atom. The quantitative estimate of drug-likeness (QED) is 0.669. The molecule has 0 N–H and O–H groups in total. The maximum absolute atomic E-state index is 5.57. The van der Waals surface area contributed by atoms with Gasteiger partial charge in [0.2, 0.25) is 0 Å². The van der Waals surface area contributed by atoms with Crippen molar-refractivity contribution in [3.63, 3.8) is 0 Å². The van der Waals surface area contributed by atoms with E-state index in [4.69, 9.17) is 8.85 Å². The van der Waals surface area contributed by atoms with Gasteiger partial charge in [-0.05, 0) is 19.4 Å². The Bertz CT molecular complexity index is 232. The molecule has 0 aliphatic rings. The predicted octanol–water partition coefficient (Wildman–Crippen LogP) is 2.33. The Kier molecular flexibility index (Phi) is 5.52. The fourth-order valence-corrected chi connectivity index (χ4v) is 2.73. The molecule has 0 fully saturated rings. The Morgan fingerprint density at radius 2 is 1.57 bits per heavy atom. The van der Waals surface area contributed by atoms with Crippen LogP contribution in [0.4, 0.5) is 0 Å². The summed E-state index contributed by atoms with van der Waals surface area (Å²) in [6, 6.07) is 11.3. The zero-order chi connectivity index (χ0) is 10.2. The SMILES string of the molecule is CCO[Si](Cc1ccccc1)OCC. The number of hydrogen-bond donors (Lipinski definition) is 0. The summed E-state index contributed by atoms with van der Waals surface area (Å²) in [5.41, 5.74) is 1.29. The predicted molar refractivity (Wildman–Crippen MR) is 59.2 cm³/mol. The van der Waals surface area contributed by atoms with Gasteiger partial charge in [0.05, 0.1) is 0 Å². The molecule has 1 aromatic carbocycles. The molecule has 0 heterocycles. The minimum atomic E-state index is -1.10. The molecule has 0 saturated carbocycles. The minimum absolute atomic E-state index is 0.737. The van der Waals surface area contributed by atoms with Crippen LogP contribution < -0.4 is 0 Å². The van der Waals surface area contributed by atoms with Gasteiger partial charge in [-0.15, -0.1) is 0 Å². The maximum Gasteiger partial charge on any atom is 0.389 e. The molecule has 0 bridgehead atoms. The first kappa shape index (κ1) is 11.4. The molecular weight excluding hydrogens is 192 g/mol. The van der Waals surface area contributed by atoms with Gasteiger partial charge in [-0.25, -0.2) is 0 Å². The van der Waals surface area contributed by atoms with Crippen LogP contribution in [-0.4, -0.2) is 22.5 Å². The van der Waals surface area contributed by atoms with E-state index in [1.165, 1.54) is 5.56 Å². The van der Waals surface area contributed by atoms with Gasteiger partial charge in [0.1, 0.15) is 0 Å². The molecule has 2 nitrogen and oxygen atoms in total. The molecule has 1 rings (SSSR count). The average Bonchev–Trinajstić information content (AvgIpc) is 2.20. The summed E-state index contributed by atoms with van der Waals surface area (Å²) in [6.07, 6.45) is 0. The molecule has 3 heteroatoms. The molecule has 77 valence electrons. The molecule has 14 heavy (non-hydrogen) atoms. The van der Waals surface area contributed by atoms with Crippen molar-refractivity contribution in [3.05, 3.63) is 35.9 Å². The summed E-state index contributed by atoms with van der Waals surface area (Å²) in [7, 11) is -1.10. The molecule has 1 radical (unpaired) electrons. The highest BCUT2D eigenvalue weighted by Gasteiger charge is 2.14. The van der Waals surface area contributed by atoms with Crippen LogP contribution >= 0.6 is 0 Å². The number of hydrogen-bond acceptors (Lipinski definition) is 2. The van der Waals surface area contributed by atoms with Gasteiger partial charge < -0.3 is 8.85 Å². The van der Waals surface area contributed by atoms with Gasteiger partial charge in [0.15, 0.2) is 0 Å². The van der Waals surface area contributed by atoms with Crippen LogP contribution in [0.5, 0.6) is 0 Å². The van der Waals surface area contributed by atoms with E-state index in [0.29, 0.717) is 0 Å². The molecule has 1 aromatic rings. The normalized spacial score (nSPS) is 10.8. The van der Waals surface area contributed by atoms with Crippen molar-refractivity contribution in [1.29, 1.82) is 0 Å². The first-order valence-corrected chi connectivity index (χ1v) is 6.54. The van der Waals surface area contributed by atoms with Crippen LogP contribution in [0.25, 0.3) is 0 Å². The lowest BCUT2D eigenvalue weighted by atomic mass is 10.2. The highest BCUT2D eigenvalue weighted by Crippen LogP contribution is 2.04. The zero-order valence-corrected chi connectivity index (χ0v) is 9.82. The van der Waals surface area contributed by atoms with Crippen LogP contribution in [0, 0.1) is 0 Å². The van der Waals surface area contributed by atoms with E-state index in [0.717, 1.165) is 19.3 Å². The molecule has 0 aliphatic carbocycles. The summed E-state index contributed by atoms with van der Waals surface area (Å²) in [5.74, 6) is 0. The van der Waals surface area contributed by atoms with Crippen molar-refractivity contribution in [2.75, 3.05) is 13.2 Å². The van der Waals surface area contributed by atoms with Crippen molar-refractivity contribution in [2.24, 2.45) is 0 Å². The molecule has 0 atom stereocenters.